The molecule has 4 heteroatoms. The predicted octanol–water partition coefficient (Wildman–Crippen LogP) is 2.11. The van der Waals surface area contributed by atoms with Gasteiger partial charge in [-0.25, -0.2) is 8.78 Å². The molecule has 1 saturated heterocycles. The minimum Gasteiger partial charge on any atom is -0.327 e. The van der Waals surface area contributed by atoms with E-state index in [0.717, 1.165) is 24.9 Å². The second-order valence-corrected chi connectivity index (χ2v) is 4.71. The molecule has 1 aliphatic rings. The maximum absolute atomic E-state index is 12.6. The summed E-state index contributed by atoms with van der Waals surface area (Å²) in [4.78, 5) is 0. The highest BCUT2D eigenvalue weighted by Gasteiger charge is 2.31. The van der Waals surface area contributed by atoms with Crippen molar-refractivity contribution in [3.63, 3.8) is 0 Å². The quantitative estimate of drug-likeness (QED) is 0.730. The van der Waals surface area contributed by atoms with Gasteiger partial charge in [0, 0.05) is 12.5 Å². The zero-order chi connectivity index (χ0) is 9.19. The third-order valence-corrected chi connectivity index (χ3v) is 3.34. The molecule has 1 nitrogen and oxygen atoms in total. The van der Waals surface area contributed by atoms with Gasteiger partial charge in [0.2, 0.25) is 5.92 Å². The van der Waals surface area contributed by atoms with E-state index in [2.05, 4.69) is 0 Å². The number of halogens is 2. The number of rotatable bonds is 2. The summed E-state index contributed by atoms with van der Waals surface area (Å²) in [5.41, 5.74) is 5.74. The summed E-state index contributed by atoms with van der Waals surface area (Å²) in [7, 11) is 0. The summed E-state index contributed by atoms with van der Waals surface area (Å²) < 4.78 is 25.2. The molecule has 2 N–H and O–H groups in total. The van der Waals surface area contributed by atoms with Gasteiger partial charge in [-0.1, -0.05) is 0 Å². The molecule has 0 bridgehead atoms. The van der Waals surface area contributed by atoms with Crippen LogP contribution in [0.2, 0.25) is 0 Å². The van der Waals surface area contributed by atoms with E-state index in [1.807, 2.05) is 0 Å². The number of alkyl halides is 2. The van der Waals surface area contributed by atoms with Crippen molar-refractivity contribution >= 4 is 11.8 Å². The summed E-state index contributed by atoms with van der Waals surface area (Å²) >= 11 is 1.73. The molecule has 0 amide bonds. The molecule has 1 aliphatic heterocycles. The molecule has 2 unspecified atom stereocenters. The highest BCUT2D eigenvalue weighted by molar-refractivity contribution is 7.99. The van der Waals surface area contributed by atoms with Crippen molar-refractivity contribution < 1.29 is 8.78 Å². The zero-order valence-corrected chi connectivity index (χ0v) is 8.04. The van der Waals surface area contributed by atoms with Gasteiger partial charge in [-0.05, 0) is 30.8 Å². The molecule has 1 heterocycles. The van der Waals surface area contributed by atoms with Crippen molar-refractivity contribution in [2.45, 2.75) is 31.7 Å². The summed E-state index contributed by atoms with van der Waals surface area (Å²) in [6.45, 7) is 0.971. The van der Waals surface area contributed by atoms with Crippen LogP contribution in [0, 0.1) is 5.92 Å². The van der Waals surface area contributed by atoms with Gasteiger partial charge in [-0.3, -0.25) is 0 Å². The molecule has 2 atom stereocenters. The van der Waals surface area contributed by atoms with Crippen LogP contribution >= 0.6 is 11.8 Å². The van der Waals surface area contributed by atoms with Crippen LogP contribution in [0.1, 0.15) is 19.8 Å². The van der Waals surface area contributed by atoms with Crippen molar-refractivity contribution in [2.75, 3.05) is 11.5 Å². The highest BCUT2D eigenvalue weighted by Crippen LogP contribution is 2.31. The molecule has 0 aromatic rings. The Kier molecular flexibility index (Phi) is 3.35. The molecule has 72 valence electrons. The first-order valence-corrected chi connectivity index (χ1v) is 5.35. The first-order chi connectivity index (χ1) is 5.49. The number of hydrogen-bond donors (Lipinski definition) is 1. The standard InChI is InChI=1S/C8H15F2NS/c1-8(9,10)4-6-5-12-3-2-7(6)11/h6-7H,2-5,11H2,1H3. The zero-order valence-electron chi connectivity index (χ0n) is 7.22. The molecule has 0 saturated carbocycles. The lowest BCUT2D eigenvalue weighted by atomic mass is 9.93. The lowest BCUT2D eigenvalue weighted by Crippen LogP contribution is -2.38. The molecule has 1 rings (SSSR count). The van der Waals surface area contributed by atoms with E-state index in [4.69, 9.17) is 5.73 Å². The van der Waals surface area contributed by atoms with Crippen molar-refractivity contribution in [3.8, 4) is 0 Å². The van der Waals surface area contributed by atoms with Gasteiger partial charge >= 0.3 is 0 Å². The molecular weight excluding hydrogens is 180 g/mol. The van der Waals surface area contributed by atoms with E-state index < -0.39 is 5.92 Å². The van der Waals surface area contributed by atoms with Crippen molar-refractivity contribution in [1.29, 1.82) is 0 Å². The molecular formula is C8H15F2NS. The molecule has 0 aliphatic carbocycles. The van der Waals surface area contributed by atoms with Crippen LogP contribution in [0.5, 0.6) is 0 Å². The second kappa shape index (κ2) is 3.92. The second-order valence-electron chi connectivity index (χ2n) is 3.56. The highest BCUT2D eigenvalue weighted by atomic mass is 32.2. The van der Waals surface area contributed by atoms with Crippen molar-refractivity contribution in [3.05, 3.63) is 0 Å². The monoisotopic (exact) mass is 195 g/mol. The first kappa shape index (κ1) is 10.3. The summed E-state index contributed by atoms with van der Waals surface area (Å²) in [5.74, 6) is -0.735. The van der Waals surface area contributed by atoms with Gasteiger partial charge in [0.25, 0.3) is 0 Å². The fraction of sp³-hybridized carbons (Fsp3) is 1.00. The van der Waals surface area contributed by atoms with E-state index in [1.165, 1.54) is 0 Å². The smallest absolute Gasteiger partial charge is 0.245 e. The van der Waals surface area contributed by atoms with Gasteiger partial charge in [0.05, 0.1) is 0 Å². The van der Waals surface area contributed by atoms with Crippen LogP contribution in [0.25, 0.3) is 0 Å². The Morgan fingerprint density at radius 3 is 2.75 bits per heavy atom. The third kappa shape index (κ3) is 3.27. The van der Waals surface area contributed by atoms with Crippen molar-refractivity contribution in [2.24, 2.45) is 11.7 Å². The molecule has 0 aromatic heterocycles. The lowest BCUT2D eigenvalue weighted by molar-refractivity contribution is -0.00429. The minimum atomic E-state index is -2.56. The van der Waals surface area contributed by atoms with Gasteiger partial charge in [-0.2, -0.15) is 11.8 Å². The van der Waals surface area contributed by atoms with Crippen LogP contribution in [0.3, 0.4) is 0 Å². The molecule has 0 radical (unpaired) electrons. The molecule has 0 aromatic carbocycles. The Morgan fingerprint density at radius 1 is 1.58 bits per heavy atom. The Balaban J connectivity index is 2.39. The van der Waals surface area contributed by atoms with Gasteiger partial charge in [0.15, 0.2) is 0 Å². The van der Waals surface area contributed by atoms with Gasteiger partial charge < -0.3 is 5.73 Å². The van der Waals surface area contributed by atoms with Gasteiger partial charge in [0.1, 0.15) is 0 Å². The normalized spacial score (nSPS) is 32.0. The summed E-state index contributed by atoms with van der Waals surface area (Å²) in [6.07, 6.45) is 0.826. The summed E-state index contributed by atoms with van der Waals surface area (Å²) in [5, 5.41) is 0. The number of hydrogen-bond acceptors (Lipinski definition) is 2. The largest absolute Gasteiger partial charge is 0.327 e. The van der Waals surface area contributed by atoms with Crippen LogP contribution < -0.4 is 5.73 Å². The average molecular weight is 195 g/mol. The Bertz CT molecular complexity index is 146. The van der Waals surface area contributed by atoms with E-state index >= 15 is 0 Å². The van der Waals surface area contributed by atoms with Crippen LogP contribution in [0.15, 0.2) is 0 Å². The predicted molar refractivity (Wildman–Crippen MR) is 48.6 cm³/mol. The van der Waals surface area contributed by atoms with Crippen LogP contribution in [-0.4, -0.2) is 23.5 Å². The van der Waals surface area contributed by atoms with Gasteiger partial charge in [-0.15, -0.1) is 0 Å². The van der Waals surface area contributed by atoms with E-state index in [9.17, 15) is 8.78 Å². The lowest BCUT2D eigenvalue weighted by Gasteiger charge is -2.29. The SMILES string of the molecule is CC(F)(F)CC1CSCCC1N. The fourth-order valence-electron chi connectivity index (χ4n) is 1.48. The van der Waals surface area contributed by atoms with Crippen LogP contribution in [0.4, 0.5) is 8.78 Å². The molecule has 0 spiro atoms. The van der Waals surface area contributed by atoms with E-state index in [-0.39, 0.29) is 18.4 Å². The average Bonchev–Trinajstić information content (AvgIpc) is 1.91. The summed E-state index contributed by atoms with van der Waals surface area (Å²) in [6, 6.07) is -0.0166. The van der Waals surface area contributed by atoms with Crippen molar-refractivity contribution in [1.82, 2.24) is 0 Å². The fourth-order valence-corrected chi connectivity index (χ4v) is 2.76. The Labute approximate surface area is 76.1 Å². The molecule has 1 fully saturated rings. The molecule has 12 heavy (non-hydrogen) atoms. The van der Waals surface area contributed by atoms with E-state index in [0.29, 0.717) is 0 Å². The van der Waals surface area contributed by atoms with Crippen LogP contribution in [-0.2, 0) is 0 Å². The maximum atomic E-state index is 12.6. The van der Waals surface area contributed by atoms with E-state index in [1.54, 1.807) is 11.8 Å². The Morgan fingerprint density at radius 2 is 2.25 bits per heavy atom. The first-order valence-electron chi connectivity index (χ1n) is 4.20. The number of thioether (sulfide) groups is 1. The number of nitrogens with two attached hydrogens (primary N) is 1. The topological polar surface area (TPSA) is 26.0 Å². The third-order valence-electron chi connectivity index (χ3n) is 2.15. The Hall–Kier alpha value is 0.170. The minimum absolute atomic E-state index is 0.00347. The maximum Gasteiger partial charge on any atom is 0.245 e.